The second kappa shape index (κ2) is 7.41. The van der Waals surface area contributed by atoms with Crippen molar-refractivity contribution in [3.05, 3.63) is 72.4 Å². The number of nitriles is 1. The number of hydrogen-bond donors (Lipinski definition) is 1. The van der Waals surface area contributed by atoms with E-state index in [1.807, 2.05) is 18.2 Å². The van der Waals surface area contributed by atoms with Crippen molar-refractivity contribution in [3.63, 3.8) is 0 Å². The second-order valence-corrected chi connectivity index (χ2v) is 5.41. The van der Waals surface area contributed by atoms with Crippen LogP contribution < -0.4 is 10.1 Å². The fourth-order valence-corrected chi connectivity index (χ4v) is 2.37. The zero-order valence-electron chi connectivity index (χ0n) is 14.0. The molecule has 0 amide bonds. The van der Waals surface area contributed by atoms with Crippen LogP contribution in [-0.4, -0.2) is 15.1 Å². The van der Waals surface area contributed by atoms with Gasteiger partial charge in [-0.3, -0.25) is 0 Å². The van der Waals surface area contributed by atoms with E-state index in [0.29, 0.717) is 41.0 Å². The molecule has 0 aliphatic carbocycles. The molecule has 0 unspecified atom stereocenters. The fraction of sp³-hybridized carbons (Fsp3) is 0.0526. The topological polar surface area (TPSA) is 110 Å². The van der Waals surface area contributed by atoms with Gasteiger partial charge in [0, 0.05) is 6.20 Å². The molecular formula is C19H13N5O3. The van der Waals surface area contributed by atoms with Gasteiger partial charge in [0.05, 0.1) is 18.5 Å². The number of nitrogens with zero attached hydrogens (tertiary/aromatic N) is 4. The summed E-state index contributed by atoms with van der Waals surface area (Å²) in [6.45, 7) is 0.293. The van der Waals surface area contributed by atoms with Crippen LogP contribution in [0.5, 0.6) is 11.6 Å². The Labute approximate surface area is 154 Å². The molecule has 132 valence electrons. The van der Waals surface area contributed by atoms with Crippen LogP contribution in [0.1, 0.15) is 11.5 Å². The minimum atomic E-state index is 0.243. The maximum absolute atomic E-state index is 9.18. The molecule has 8 nitrogen and oxygen atoms in total. The molecule has 0 atom stereocenters. The molecule has 27 heavy (non-hydrogen) atoms. The lowest BCUT2D eigenvalue weighted by Gasteiger charge is -2.11. The lowest BCUT2D eigenvalue weighted by Crippen LogP contribution is -2.02. The first kappa shape index (κ1) is 16.4. The van der Waals surface area contributed by atoms with Gasteiger partial charge in [0.25, 0.3) is 0 Å². The molecule has 3 aromatic heterocycles. The van der Waals surface area contributed by atoms with Gasteiger partial charge >= 0.3 is 0 Å². The molecule has 0 saturated heterocycles. The Kier molecular flexibility index (Phi) is 4.49. The van der Waals surface area contributed by atoms with Crippen molar-refractivity contribution in [2.75, 3.05) is 5.32 Å². The van der Waals surface area contributed by atoms with E-state index in [1.54, 1.807) is 42.8 Å². The number of para-hydroxylation sites is 2. The Bertz CT molecular complexity index is 1080. The summed E-state index contributed by atoms with van der Waals surface area (Å²) in [4.78, 5) is 8.39. The number of rotatable bonds is 6. The zero-order chi connectivity index (χ0) is 18.5. The van der Waals surface area contributed by atoms with E-state index < -0.39 is 0 Å². The van der Waals surface area contributed by atoms with E-state index in [-0.39, 0.29) is 5.88 Å². The summed E-state index contributed by atoms with van der Waals surface area (Å²) < 4.78 is 16.3. The minimum Gasteiger partial charge on any atom is -0.461 e. The maximum atomic E-state index is 9.18. The lowest BCUT2D eigenvalue weighted by molar-refractivity contribution is 0.382. The molecule has 1 aromatic carbocycles. The molecule has 0 saturated carbocycles. The highest BCUT2D eigenvalue weighted by Crippen LogP contribution is 2.30. The summed E-state index contributed by atoms with van der Waals surface area (Å²) in [5.41, 5.74) is 1.05. The number of hydrogen-bond acceptors (Lipinski definition) is 8. The molecule has 4 rings (SSSR count). The van der Waals surface area contributed by atoms with E-state index in [2.05, 4.69) is 26.5 Å². The normalized spacial score (nSPS) is 10.3. The SMILES string of the molecule is N#Cc1cccnc1Oc1ccccc1NCc1nc(-c2ccco2)no1. The smallest absolute Gasteiger partial charge is 0.246 e. The van der Waals surface area contributed by atoms with Gasteiger partial charge in [-0.15, -0.1) is 0 Å². The van der Waals surface area contributed by atoms with Gasteiger partial charge in [0.15, 0.2) is 11.5 Å². The monoisotopic (exact) mass is 359 g/mol. The zero-order valence-corrected chi connectivity index (χ0v) is 14.0. The Morgan fingerprint density at radius 2 is 2.04 bits per heavy atom. The van der Waals surface area contributed by atoms with Crippen LogP contribution >= 0.6 is 0 Å². The predicted octanol–water partition coefficient (Wildman–Crippen LogP) is 4.00. The summed E-state index contributed by atoms with van der Waals surface area (Å²) in [5, 5.41) is 16.2. The first-order chi connectivity index (χ1) is 13.3. The summed E-state index contributed by atoms with van der Waals surface area (Å²) in [6.07, 6.45) is 3.12. The number of furan rings is 1. The van der Waals surface area contributed by atoms with Crippen LogP contribution in [0.15, 0.2) is 69.9 Å². The van der Waals surface area contributed by atoms with E-state index in [4.69, 9.17) is 13.7 Å². The summed E-state index contributed by atoms with van der Waals surface area (Å²) in [7, 11) is 0. The molecule has 0 bridgehead atoms. The largest absolute Gasteiger partial charge is 0.461 e. The third-order valence-electron chi connectivity index (χ3n) is 3.63. The lowest BCUT2D eigenvalue weighted by atomic mass is 10.2. The molecule has 0 fully saturated rings. The predicted molar refractivity (Wildman–Crippen MR) is 94.8 cm³/mol. The fourth-order valence-electron chi connectivity index (χ4n) is 2.37. The van der Waals surface area contributed by atoms with Gasteiger partial charge in [-0.05, 0) is 36.4 Å². The molecule has 4 aromatic rings. The minimum absolute atomic E-state index is 0.243. The van der Waals surface area contributed by atoms with Crippen LogP contribution in [-0.2, 0) is 6.54 Å². The van der Waals surface area contributed by atoms with Crippen LogP contribution in [0.4, 0.5) is 5.69 Å². The van der Waals surface area contributed by atoms with Gasteiger partial charge in [0.1, 0.15) is 11.6 Å². The summed E-state index contributed by atoms with van der Waals surface area (Å²) >= 11 is 0. The van der Waals surface area contributed by atoms with Crippen LogP contribution in [0.25, 0.3) is 11.6 Å². The molecule has 1 N–H and O–H groups in total. The van der Waals surface area contributed by atoms with Gasteiger partial charge in [-0.2, -0.15) is 10.2 Å². The van der Waals surface area contributed by atoms with Crippen molar-refractivity contribution in [2.24, 2.45) is 0 Å². The molecule has 0 radical (unpaired) electrons. The third kappa shape index (κ3) is 3.62. The first-order valence-corrected chi connectivity index (χ1v) is 8.06. The number of benzene rings is 1. The van der Waals surface area contributed by atoms with E-state index in [9.17, 15) is 5.26 Å². The van der Waals surface area contributed by atoms with Gasteiger partial charge in [0.2, 0.25) is 17.6 Å². The van der Waals surface area contributed by atoms with Crippen molar-refractivity contribution < 1.29 is 13.7 Å². The number of pyridine rings is 1. The highest BCUT2D eigenvalue weighted by molar-refractivity contribution is 5.58. The summed E-state index contributed by atoms with van der Waals surface area (Å²) in [5.74, 6) is 2.08. The van der Waals surface area contributed by atoms with E-state index in [0.717, 1.165) is 0 Å². The number of nitrogens with one attached hydrogen (secondary N) is 1. The van der Waals surface area contributed by atoms with Crippen LogP contribution in [0, 0.1) is 11.3 Å². The van der Waals surface area contributed by atoms with Crippen molar-refractivity contribution in [1.29, 1.82) is 5.26 Å². The maximum Gasteiger partial charge on any atom is 0.246 e. The van der Waals surface area contributed by atoms with Crippen molar-refractivity contribution in [3.8, 4) is 29.3 Å². The number of ether oxygens (including phenoxy) is 1. The molecular weight excluding hydrogens is 346 g/mol. The standard InChI is InChI=1S/C19H13N5O3/c20-11-13-5-3-9-21-19(13)26-15-7-2-1-6-14(15)22-12-17-23-18(24-27-17)16-8-4-10-25-16/h1-10,22H,12H2. The van der Waals surface area contributed by atoms with Crippen LogP contribution in [0.2, 0.25) is 0 Å². The van der Waals surface area contributed by atoms with Crippen LogP contribution in [0.3, 0.4) is 0 Å². The van der Waals surface area contributed by atoms with E-state index in [1.165, 1.54) is 0 Å². The Morgan fingerprint density at radius 3 is 2.89 bits per heavy atom. The molecule has 0 aliphatic heterocycles. The average molecular weight is 359 g/mol. The Balaban J connectivity index is 1.50. The Morgan fingerprint density at radius 1 is 1.11 bits per heavy atom. The number of aromatic nitrogens is 3. The average Bonchev–Trinajstić information content (AvgIpc) is 3.39. The molecule has 0 spiro atoms. The first-order valence-electron chi connectivity index (χ1n) is 8.06. The highest BCUT2D eigenvalue weighted by atomic mass is 16.5. The Hall–Kier alpha value is -4.12. The molecule has 0 aliphatic rings. The van der Waals surface area contributed by atoms with E-state index >= 15 is 0 Å². The summed E-state index contributed by atoms with van der Waals surface area (Å²) in [6, 6.07) is 16.2. The van der Waals surface area contributed by atoms with Gasteiger partial charge in [-0.1, -0.05) is 17.3 Å². The van der Waals surface area contributed by atoms with Crippen molar-refractivity contribution in [2.45, 2.75) is 6.54 Å². The molecule has 3 heterocycles. The number of anilines is 1. The van der Waals surface area contributed by atoms with Crippen molar-refractivity contribution >= 4 is 5.69 Å². The third-order valence-corrected chi connectivity index (χ3v) is 3.63. The van der Waals surface area contributed by atoms with Crippen molar-refractivity contribution in [1.82, 2.24) is 15.1 Å². The van der Waals surface area contributed by atoms with Gasteiger partial charge in [-0.25, -0.2) is 4.98 Å². The molecule has 8 heteroatoms. The highest BCUT2D eigenvalue weighted by Gasteiger charge is 2.12. The quantitative estimate of drug-likeness (QED) is 0.550. The second-order valence-electron chi connectivity index (χ2n) is 5.41. The van der Waals surface area contributed by atoms with Gasteiger partial charge < -0.3 is 19.0 Å².